The van der Waals surface area contributed by atoms with E-state index in [0.717, 1.165) is 25.9 Å². The molecule has 3 rings (SSSR count). The van der Waals surface area contributed by atoms with Gasteiger partial charge in [0, 0.05) is 24.2 Å². The average Bonchev–Trinajstić information content (AvgIpc) is 3.18. The lowest BCUT2D eigenvalue weighted by atomic mass is 10.1. The largest absolute Gasteiger partial charge is 0.351 e. The van der Waals surface area contributed by atoms with Gasteiger partial charge in [-0.1, -0.05) is 12.5 Å². The van der Waals surface area contributed by atoms with Crippen LogP contribution in [0.2, 0.25) is 0 Å². The van der Waals surface area contributed by atoms with Gasteiger partial charge in [-0.25, -0.2) is 8.42 Å². The lowest BCUT2D eigenvalue weighted by molar-refractivity contribution is 0.0947. The Labute approximate surface area is 180 Å². The molecule has 1 aliphatic rings. The van der Waals surface area contributed by atoms with Crippen LogP contribution in [0.3, 0.4) is 0 Å². The smallest absolute Gasteiger partial charge is 0.265 e. The molecule has 0 bridgehead atoms. The molecular formula is C20H26N4O4S2. The molecule has 0 radical (unpaired) electrons. The van der Waals surface area contributed by atoms with Gasteiger partial charge < -0.3 is 15.5 Å². The Balaban J connectivity index is 1.53. The zero-order valence-electron chi connectivity index (χ0n) is 16.8. The molecule has 0 aliphatic carbocycles. The van der Waals surface area contributed by atoms with Gasteiger partial charge in [-0.05, 0) is 50.2 Å². The van der Waals surface area contributed by atoms with Crippen molar-refractivity contribution in [2.75, 3.05) is 42.5 Å². The number of amides is 2. The fourth-order valence-electron chi connectivity index (χ4n) is 3.25. The summed E-state index contributed by atoms with van der Waals surface area (Å²) in [5.74, 6) is -0.550. The molecule has 0 saturated carbocycles. The molecule has 1 aromatic carbocycles. The van der Waals surface area contributed by atoms with Gasteiger partial charge in [0.15, 0.2) is 0 Å². The van der Waals surface area contributed by atoms with Crippen LogP contribution in [0.15, 0.2) is 35.7 Å². The van der Waals surface area contributed by atoms with Crippen LogP contribution in [-0.2, 0) is 10.0 Å². The topological polar surface area (TPSA) is 108 Å². The maximum absolute atomic E-state index is 12.5. The van der Waals surface area contributed by atoms with Crippen molar-refractivity contribution >= 4 is 44.5 Å². The number of benzene rings is 1. The quantitative estimate of drug-likeness (QED) is 0.573. The second-order valence-electron chi connectivity index (χ2n) is 7.27. The molecule has 1 saturated heterocycles. The number of rotatable bonds is 8. The summed E-state index contributed by atoms with van der Waals surface area (Å²) in [6, 6.07) is 7.98. The first kappa shape index (κ1) is 22.3. The van der Waals surface area contributed by atoms with E-state index in [9.17, 15) is 18.0 Å². The Kier molecular flexibility index (Phi) is 7.46. The first-order chi connectivity index (χ1) is 14.3. The summed E-state index contributed by atoms with van der Waals surface area (Å²) in [5, 5.41) is 7.29. The minimum absolute atomic E-state index is 0.193. The molecule has 1 aliphatic heterocycles. The average molecular weight is 451 g/mol. The van der Waals surface area contributed by atoms with Crippen molar-refractivity contribution < 1.29 is 18.0 Å². The molecule has 162 valence electrons. The molecule has 8 nitrogen and oxygen atoms in total. The predicted octanol–water partition coefficient (Wildman–Crippen LogP) is 2.59. The molecule has 0 spiro atoms. The number of nitrogens with one attached hydrogen (secondary N) is 3. The van der Waals surface area contributed by atoms with Crippen LogP contribution in [0.5, 0.6) is 0 Å². The van der Waals surface area contributed by atoms with Gasteiger partial charge in [0.25, 0.3) is 11.8 Å². The Bertz CT molecular complexity index is 998. The van der Waals surface area contributed by atoms with Crippen molar-refractivity contribution in [2.45, 2.75) is 19.3 Å². The third-order valence-electron chi connectivity index (χ3n) is 4.67. The van der Waals surface area contributed by atoms with E-state index in [2.05, 4.69) is 20.3 Å². The minimum Gasteiger partial charge on any atom is -0.351 e. The van der Waals surface area contributed by atoms with Crippen molar-refractivity contribution in [1.82, 2.24) is 10.2 Å². The molecule has 0 unspecified atom stereocenters. The van der Waals surface area contributed by atoms with E-state index in [4.69, 9.17) is 0 Å². The van der Waals surface area contributed by atoms with Gasteiger partial charge in [-0.15, -0.1) is 11.3 Å². The predicted molar refractivity (Wildman–Crippen MR) is 120 cm³/mol. The maximum atomic E-state index is 12.5. The van der Waals surface area contributed by atoms with Crippen molar-refractivity contribution in [3.8, 4) is 0 Å². The third-order valence-corrected chi connectivity index (χ3v) is 6.21. The Hall–Kier alpha value is -2.43. The highest BCUT2D eigenvalue weighted by Crippen LogP contribution is 2.20. The molecule has 2 amide bonds. The monoisotopic (exact) mass is 450 g/mol. The number of sulfonamides is 1. The first-order valence-corrected chi connectivity index (χ1v) is 12.6. The van der Waals surface area contributed by atoms with Crippen LogP contribution >= 0.6 is 11.3 Å². The standard InChI is InChI=1S/C20H26N4O4S2/c1-30(27,28)23-17-7-5-6-16(13-17)22-20(26)18-12-15(14-29-18)19(25)21-8-11-24-9-3-2-4-10-24/h5-7,12-14,23H,2-4,8-11H2,1H3,(H,21,25)(H,22,26). The van der Waals surface area contributed by atoms with Crippen LogP contribution in [0, 0.1) is 0 Å². The summed E-state index contributed by atoms with van der Waals surface area (Å²) in [7, 11) is -3.40. The number of thiophene rings is 1. The highest BCUT2D eigenvalue weighted by molar-refractivity contribution is 7.92. The van der Waals surface area contributed by atoms with Crippen molar-refractivity contribution in [2.24, 2.45) is 0 Å². The van der Waals surface area contributed by atoms with E-state index in [1.807, 2.05) is 0 Å². The van der Waals surface area contributed by atoms with E-state index < -0.39 is 10.0 Å². The molecule has 3 N–H and O–H groups in total. The van der Waals surface area contributed by atoms with Crippen molar-refractivity contribution in [3.05, 3.63) is 46.2 Å². The normalized spacial score (nSPS) is 14.8. The lowest BCUT2D eigenvalue weighted by Crippen LogP contribution is -2.37. The van der Waals surface area contributed by atoms with Crippen molar-refractivity contribution in [1.29, 1.82) is 0 Å². The summed E-state index contributed by atoms with van der Waals surface area (Å²) in [4.78, 5) is 27.6. The lowest BCUT2D eigenvalue weighted by Gasteiger charge is -2.26. The van der Waals surface area contributed by atoms with E-state index in [-0.39, 0.29) is 11.8 Å². The van der Waals surface area contributed by atoms with Gasteiger partial charge in [0.05, 0.1) is 22.4 Å². The van der Waals surface area contributed by atoms with Gasteiger partial charge in [0.2, 0.25) is 10.0 Å². The number of hydrogen-bond acceptors (Lipinski definition) is 6. The van der Waals surface area contributed by atoms with Crippen LogP contribution in [0.1, 0.15) is 39.3 Å². The second-order valence-corrected chi connectivity index (χ2v) is 9.93. The third kappa shape index (κ3) is 6.82. The van der Waals surface area contributed by atoms with Gasteiger partial charge in [-0.3, -0.25) is 14.3 Å². The van der Waals surface area contributed by atoms with E-state index >= 15 is 0 Å². The number of anilines is 2. The highest BCUT2D eigenvalue weighted by atomic mass is 32.2. The Morgan fingerprint density at radius 2 is 1.80 bits per heavy atom. The zero-order chi connectivity index (χ0) is 21.6. The molecule has 10 heteroatoms. The molecule has 2 heterocycles. The highest BCUT2D eigenvalue weighted by Gasteiger charge is 2.15. The fraction of sp³-hybridized carbons (Fsp3) is 0.400. The summed E-state index contributed by atoms with van der Waals surface area (Å²) < 4.78 is 25.1. The number of piperidine rings is 1. The molecule has 30 heavy (non-hydrogen) atoms. The summed E-state index contributed by atoms with van der Waals surface area (Å²) in [6.45, 7) is 3.58. The number of nitrogens with zero attached hydrogens (tertiary/aromatic N) is 1. The zero-order valence-corrected chi connectivity index (χ0v) is 18.4. The minimum atomic E-state index is -3.40. The first-order valence-electron chi connectivity index (χ1n) is 9.78. The van der Waals surface area contributed by atoms with Gasteiger partial charge >= 0.3 is 0 Å². The Morgan fingerprint density at radius 3 is 2.53 bits per heavy atom. The number of hydrogen-bond donors (Lipinski definition) is 3. The van der Waals surface area contributed by atoms with Crippen LogP contribution < -0.4 is 15.4 Å². The number of carbonyl (C=O) groups excluding carboxylic acids is 2. The van der Waals surface area contributed by atoms with Gasteiger partial charge in [-0.2, -0.15) is 0 Å². The summed E-state index contributed by atoms with van der Waals surface area (Å²) in [6.07, 6.45) is 4.76. The van der Waals surface area contributed by atoms with Gasteiger partial charge in [0.1, 0.15) is 0 Å². The Morgan fingerprint density at radius 1 is 1.07 bits per heavy atom. The summed E-state index contributed by atoms with van der Waals surface area (Å²) in [5.41, 5.74) is 1.26. The van der Waals surface area contributed by atoms with E-state index in [1.165, 1.54) is 36.7 Å². The molecular weight excluding hydrogens is 424 g/mol. The number of likely N-dealkylation sites (tertiary alicyclic amines) is 1. The second kappa shape index (κ2) is 10.1. The summed E-state index contributed by atoms with van der Waals surface area (Å²) >= 11 is 1.19. The fourth-order valence-corrected chi connectivity index (χ4v) is 4.59. The SMILES string of the molecule is CS(=O)(=O)Nc1cccc(NC(=O)c2cc(C(=O)NCCN3CCCCC3)cs2)c1. The molecule has 1 fully saturated rings. The van der Waals surface area contributed by atoms with Crippen LogP contribution in [0.25, 0.3) is 0 Å². The van der Waals surface area contributed by atoms with Crippen LogP contribution in [0.4, 0.5) is 11.4 Å². The van der Waals surface area contributed by atoms with Crippen molar-refractivity contribution in [3.63, 3.8) is 0 Å². The maximum Gasteiger partial charge on any atom is 0.265 e. The molecule has 2 aromatic rings. The van der Waals surface area contributed by atoms with E-state index in [0.29, 0.717) is 28.4 Å². The number of carbonyl (C=O) groups is 2. The van der Waals surface area contributed by atoms with E-state index in [1.54, 1.807) is 29.6 Å². The molecule has 0 atom stereocenters. The van der Waals surface area contributed by atoms with Crippen LogP contribution in [-0.4, -0.2) is 57.6 Å². The molecule has 1 aromatic heterocycles.